The van der Waals surface area contributed by atoms with Gasteiger partial charge in [-0.15, -0.1) is 0 Å². The zero-order chi connectivity index (χ0) is 26.1. The minimum atomic E-state index is -1.54. The highest BCUT2D eigenvalue weighted by molar-refractivity contribution is 5.76. The van der Waals surface area contributed by atoms with Crippen molar-refractivity contribution in [3.05, 3.63) is 0 Å². The first kappa shape index (κ1) is 32.2. The summed E-state index contributed by atoms with van der Waals surface area (Å²) >= 11 is 0. The lowest BCUT2D eigenvalue weighted by Gasteiger charge is -2.40. The van der Waals surface area contributed by atoms with Gasteiger partial charge in [0, 0.05) is 6.42 Å². The predicted molar refractivity (Wildman–Crippen MR) is 134 cm³/mol. The van der Waals surface area contributed by atoms with Crippen molar-refractivity contribution in [3.8, 4) is 0 Å². The van der Waals surface area contributed by atoms with Crippen molar-refractivity contribution in [1.29, 1.82) is 0 Å². The normalized spacial score (nSPS) is 26.4. The van der Waals surface area contributed by atoms with Gasteiger partial charge in [-0.1, -0.05) is 84.5 Å². The maximum Gasteiger partial charge on any atom is 0.220 e. The topological polar surface area (TPSA) is 149 Å². The molecule has 1 heterocycles. The van der Waals surface area contributed by atoms with E-state index in [0.717, 1.165) is 38.5 Å². The van der Waals surface area contributed by atoms with Crippen molar-refractivity contribution < 1.29 is 39.8 Å². The first-order valence-corrected chi connectivity index (χ1v) is 13.7. The Morgan fingerprint density at radius 2 is 1.43 bits per heavy atom. The monoisotopic (exact) mass is 505 g/mol. The third-order valence-corrected chi connectivity index (χ3v) is 6.71. The molecule has 1 aliphatic rings. The highest BCUT2D eigenvalue weighted by atomic mass is 16.7. The van der Waals surface area contributed by atoms with Gasteiger partial charge in [-0.05, 0) is 12.8 Å². The van der Waals surface area contributed by atoms with Crippen LogP contribution in [0.2, 0.25) is 0 Å². The van der Waals surface area contributed by atoms with Gasteiger partial charge in [-0.3, -0.25) is 4.79 Å². The van der Waals surface area contributed by atoms with Crippen molar-refractivity contribution in [2.45, 2.75) is 147 Å². The van der Waals surface area contributed by atoms with Gasteiger partial charge in [0.05, 0.1) is 25.4 Å². The van der Waals surface area contributed by atoms with Crippen molar-refractivity contribution >= 4 is 5.91 Å². The standard InChI is InChI=1S/C26H51NO8/c1-3-5-7-9-11-13-15-20(29)19(27-22(30)16-14-12-10-8-6-4-2)18-34-26-25(33)24(32)23(31)21(17-28)35-26/h19-21,23-26,28-29,31-33H,3-18H2,1-2H3,(H,27,30). The van der Waals surface area contributed by atoms with Crippen LogP contribution in [-0.2, 0) is 14.3 Å². The third-order valence-electron chi connectivity index (χ3n) is 6.71. The molecule has 1 rings (SSSR count). The number of amides is 1. The number of rotatable bonds is 20. The molecule has 0 aliphatic carbocycles. The van der Waals surface area contributed by atoms with Crippen LogP contribution in [0.15, 0.2) is 0 Å². The van der Waals surface area contributed by atoms with Crippen LogP contribution in [0.3, 0.4) is 0 Å². The van der Waals surface area contributed by atoms with E-state index in [1.165, 1.54) is 38.5 Å². The number of carbonyl (C=O) groups excluding carboxylic acids is 1. The fourth-order valence-corrected chi connectivity index (χ4v) is 4.33. The fourth-order valence-electron chi connectivity index (χ4n) is 4.33. The van der Waals surface area contributed by atoms with Gasteiger partial charge < -0.3 is 40.3 Å². The highest BCUT2D eigenvalue weighted by Gasteiger charge is 2.44. The summed E-state index contributed by atoms with van der Waals surface area (Å²) in [6, 6.07) is -0.703. The molecule has 0 bridgehead atoms. The van der Waals surface area contributed by atoms with Crippen LogP contribution < -0.4 is 5.32 Å². The number of hydrogen-bond donors (Lipinski definition) is 6. The molecule has 0 spiro atoms. The Hall–Kier alpha value is -0.810. The molecule has 0 radical (unpaired) electrons. The molecule has 1 saturated heterocycles. The van der Waals surface area contributed by atoms with Crippen LogP contribution in [-0.4, -0.2) is 87.5 Å². The van der Waals surface area contributed by atoms with Crippen LogP contribution in [0, 0.1) is 0 Å². The van der Waals surface area contributed by atoms with Gasteiger partial charge in [0.1, 0.15) is 24.4 Å². The summed E-state index contributed by atoms with van der Waals surface area (Å²) in [5.41, 5.74) is 0. The van der Waals surface area contributed by atoms with E-state index in [4.69, 9.17) is 9.47 Å². The van der Waals surface area contributed by atoms with E-state index < -0.39 is 49.5 Å². The maximum atomic E-state index is 12.5. The van der Waals surface area contributed by atoms with E-state index in [1.54, 1.807) is 0 Å². The fraction of sp³-hybridized carbons (Fsp3) is 0.962. The molecule has 1 aliphatic heterocycles. The molecule has 9 nitrogen and oxygen atoms in total. The van der Waals surface area contributed by atoms with Gasteiger partial charge in [0.2, 0.25) is 5.91 Å². The zero-order valence-corrected chi connectivity index (χ0v) is 21.8. The minimum absolute atomic E-state index is 0.137. The largest absolute Gasteiger partial charge is 0.394 e. The third kappa shape index (κ3) is 12.8. The molecule has 7 unspecified atom stereocenters. The molecule has 9 heteroatoms. The predicted octanol–water partition coefficient (Wildman–Crippen LogP) is 2.15. The number of ether oxygens (including phenoxy) is 2. The molecule has 0 aromatic carbocycles. The van der Waals surface area contributed by atoms with Crippen molar-refractivity contribution in [2.75, 3.05) is 13.2 Å². The van der Waals surface area contributed by atoms with Gasteiger partial charge in [0.25, 0.3) is 0 Å². The van der Waals surface area contributed by atoms with Crippen LogP contribution >= 0.6 is 0 Å². The summed E-state index contributed by atoms with van der Waals surface area (Å²) in [4.78, 5) is 12.5. The number of nitrogens with one attached hydrogen (secondary N) is 1. The van der Waals surface area contributed by atoms with E-state index >= 15 is 0 Å². The van der Waals surface area contributed by atoms with E-state index in [2.05, 4.69) is 19.2 Å². The van der Waals surface area contributed by atoms with Gasteiger partial charge in [0.15, 0.2) is 6.29 Å². The molecule has 7 atom stereocenters. The Bertz CT molecular complexity index is 535. The number of hydrogen-bond acceptors (Lipinski definition) is 8. The van der Waals surface area contributed by atoms with Crippen LogP contribution in [0.1, 0.15) is 104 Å². The Labute approximate surface area is 211 Å². The van der Waals surface area contributed by atoms with E-state index in [9.17, 15) is 30.3 Å². The smallest absolute Gasteiger partial charge is 0.220 e. The SMILES string of the molecule is CCCCCCCCC(=O)NC(COC1OC(CO)C(O)C(O)C1O)C(O)CCCCCCCC. The van der Waals surface area contributed by atoms with Gasteiger partial charge >= 0.3 is 0 Å². The number of aliphatic hydroxyl groups is 5. The van der Waals surface area contributed by atoms with E-state index in [1.807, 2.05) is 0 Å². The van der Waals surface area contributed by atoms with Crippen molar-refractivity contribution in [1.82, 2.24) is 5.32 Å². The minimum Gasteiger partial charge on any atom is -0.394 e. The van der Waals surface area contributed by atoms with Crippen molar-refractivity contribution in [3.63, 3.8) is 0 Å². The molecule has 0 aromatic rings. The Morgan fingerprint density at radius 1 is 0.857 bits per heavy atom. The number of unbranched alkanes of at least 4 members (excludes halogenated alkanes) is 10. The Morgan fingerprint density at radius 3 is 2.03 bits per heavy atom. The molecule has 208 valence electrons. The highest BCUT2D eigenvalue weighted by Crippen LogP contribution is 2.22. The second-order valence-electron chi connectivity index (χ2n) is 9.85. The van der Waals surface area contributed by atoms with E-state index in [0.29, 0.717) is 12.8 Å². The van der Waals surface area contributed by atoms with E-state index in [-0.39, 0.29) is 12.5 Å². The first-order valence-electron chi connectivity index (χ1n) is 13.7. The quantitative estimate of drug-likeness (QED) is 0.138. The molecule has 0 aromatic heterocycles. The average molecular weight is 506 g/mol. The first-order chi connectivity index (χ1) is 16.8. The lowest BCUT2D eigenvalue weighted by atomic mass is 9.99. The molecular weight excluding hydrogens is 454 g/mol. The number of carbonyl (C=O) groups is 1. The lowest BCUT2D eigenvalue weighted by Crippen LogP contribution is -2.60. The molecule has 35 heavy (non-hydrogen) atoms. The summed E-state index contributed by atoms with van der Waals surface area (Å²) in [7, 11) is 0. The second kappa shape index (κ2) is 19.3. The average Bonchev–Trinajstić information content (AvgIpc) is 2.85. The second-order valence-corrected chi connectivity index (χ2v) is 9.85. The van der Waals surface area contributed by atoms with Crippen molar-refractivity contribution in [2.24, 2.45) is 0 Å². The molecule has 6 N–H and O–H groups in total. The maximum absolute atomic E-state index is 12.5. The van der Waals surface area contributed by atoms with Crippen LogP contribution in [0.5, 0.6) is 0 Å². The summed E-state index contributed by atoms with van der Waals surface area (Å²) in [5.74, 6) is -0.162. The summed E-state index contributed by atoms with van der Waals surface area (Å²) < 4.78 is 11.0. The molecule has 0 saturated carbocycles. The molecule has 1 fully saturated rings. The zero-order valence-electron chi connectivity index (χ0n) is 21.8. The summed E-state index contributed by atoms with van der Waals surface area (Å²) in [6.45, 7) is 3.64. The summed E-state index contributed by atoms with van der Waals surface area (Å²) in [6.07, 6.45) is 6.02. The van der Waals surface area contributed by atoms with Gasteiger partial charge in [-0.25, -0.2) is 0 Å². The Kier molecular flexibility index (Phi) is 17.8. The number of aliphatic hydroxyl groups excluding tert-OH is 5. The molecule has 1 amide bonds. The Balaban J connectivity index is 2.60. The van der Waals surface area contributed by atoms with Crippen LogP contribution in [0.25, 0.3) is 0 Å². The van der Waals surface area contributed by atoms with Crippen LogP contribution in [0.4, 0.5) is 0 Å². The van der Waals surface area contributed by atoms with Gasteiger partial charge in [-0.2, -0.15) is 0 Å². The lowest BCUT2D eigenvalue weighted by molar-refractivity contribution is -0.302. The summed E-state index contributed by atoms with van der Waals surface area (Å²) in [5, 5.41) is 53.1. The molecular formula is C26H51NO8.